The van der Waals surface area contributed by atoms with E-state index < -0.39 is 5.97 Å². The van der Waals surface area contributed by atoms with Crippen LogP contribution in [0.1, 0.15) is 36.5 Å². The Labute approximate surface area is 124 Å². The maximum Gasteiger partial charge on any atom is 0.333 e. The highest BCUT2D eigenvalue weighted by Gasteiger charge is 2.32. The van der Waals surface area contributed by atoms with E-state index in [2.05, 4.69) is 17.4 Å². The van der Waals surface area contributed by atoms with Gasteiger partial charge in [0.2, 0.25) is 0 Å². The van der Waals surface area contributed by atoms with Gasteiger partial charge in [-0.15, -0.1) is 0 Å². The van der Waals surface area contributed by atoms with Gasteiger partial charge in [0.25, 0.3) is 0 Å². The molecule has 0 saturated heterocycles. The molecule has 1 unspecified atom stereocenters. The molecule has 1 aromatic carbocycles. The Hall–Kier alpha value is -1.65. The number of carboxylic acid groups (broad SMARTS) is 1. The molecule has 2 N–H and O–H groups in total. The Morgan fingerprint density at radius 1 is 1.33 bits per heavy atom. The summed E-state index contributed by atoms with van der Waals surface area (Å²) < 4.78 is 5.59. The second-order valence-electron chi connectivity index (χ2n) is 5.80. The lowest BCUT2D eigenvalue weighted by molar-refractivity contribution is -0.132. The molecule has 0 amide bonds. The fraction of sp³-hybridized carbons (Fsp3) is 0.471. The van der Waals surface area contributed by atoms with Crippen molar-refractivity contribution < 1.29 is 14.6 Å². The molecule has 1 aromatic rings. The number of carbonyl (C=O) groups is 1. The van der Waals surface area contributed by atoms with Crippen molar-refractivity contribution in [3.8, 4) is 0 Å². The average molecular weight is 287 g/mol. The fourth-order valence-electron chi connectivity index (χ4n) is 3.08. The Balaban J connectivity index is 1.87. The van der Waals surface area contributed by atoms with Crippen molar-refractivity contribution in [1.82, 2.24) is 5.32 Å². The van der Waals surface area contributed by atoms with Crippen LogP contribution in [0.2, 0.25) is 0 Å². The van der Waals surface area contributed by atoms with Gasteiger partial charge in [-0.2, -0.15) is 0 Å². The molecule has 0 spiro atoms. The molecule has 3 rings (SSSR count). The number of nitrogens with one attached hydrogen (secondary N) is 1. The minimum absolute atomic E-state index is 0.181. The predicted octanol–water partition coefficient (Wildman–Crippen LogP) is 2.62. The van der Waals surface area contributed by atoms with Gasteiger partial charge in [-0.3, -0.25) is 0 Å². The monoisotopic (exact) mass is 287 g/mol. The number of aliphatic carboxylic acids is 1. The molecule has 2 aliphatic rings. The van der Waals surface area contributed by atoms with Crippen LogP contribution in [-0.2, 0) is 9.53 Å². The van der Waals surface area contributed by atoms with Crippen molar-refractivity contribution in [2.75, 3.05) is 20.2 Å². The molecular formula is C17H21NO3. The molecule has 1 heterocycles. The maximum atomic E-state index is 11.3. The van der Waals surface area contributed by atoms with E-state index in [1.807, 2.05) is 12.1 Å². The average Bonchev–Trinajstić information content (AvgIpc) is 3.33. The van der Waals surface area contributed by atoms with Crippen LogP contribution in [0.25, 0.3) is 5.57 Å². The lowest BCUT2D eigenvalue weighted by atomic mass is 9.92. The van der Waals surface area contributed by atoms with Crippen LogP contribution in [0.3, 0.4) is 0 Å². The lowest BCUT2D eigenvalue weighted by Crippen LogP contribution is -2.28. The van der Waals surface area contributed by atoms with E-state index in [1.54, 1.807) is 7.11 Å². The summed E-state index contributed by atoms with van der Waals surface area (Å²) in [5.41, 5.74) is 3.64. The molecule has 1 atom stereocenters. The molecular weight excluding hydrogens is 266 g/mol. The molecule has 4 nitrogen and oxygen atoms in total. The zero-order valence-electron chi connectivity index (χ0n) is 12.3. The fourth-order valence-corrected chi connectivity index (χ4v) is 3.08. The second-order valence-corrected chi connectivity index (χ2v) is 5.80. The molecule has 112 valence electrons. The third-order valence-corrected chi connectivity index (χ3v) is 4.37. The summed E-state index contributed by atoms with van der Waals surface area (Å²) in [5.74, 6) is -0.178. The van der Waals surface area contributed by atoms with Crippen LogP contribution in [0.5, 0.6) is 0 Å². The SMILES string of the molecule is COC(c1ccc(C2=C(C(=O)O)CNCC2)cc1)C1CC1. The maximum absolute atomic E-state index is 11.3. The molecule has 21 heavy (non-hydrogen) atoms. The molecule has 4 heteroatoms. The van der Waals surface area contributed by atoms with Crippen molar-refractivity contribution in [2.24, 2.45) is 5.92 Å². The summed E-state index contributed by atoms with van der Waals surface area (Å²) in [6, 6.07) is 8.23. The number of hydrogen-bond acceptors (Lipinski definition) is 3. The Morgan fingerprint density at radius 2 is 2.05 bits per heavy atom. The zero-order chi connectivity index (χ0) is 14.8. The van der Waals surface area contributed by atoms with Crippen LogP contribution in [0.15, 0.2) is 29.8 Å². The second kappa shape index (κ2) is 6.00. The van der Waals surface area contributed by atoms with Gasteiger partial charge < -0.3 is 15.2 Å². The molecule has 0 radical (unpaired) electrons. The normalized spacial score (nSPS) is 20.4. The van der Waals surface area contributed by atoms with E-state index in [0.717, 1.165) is 24.1 Å². The van der Waals surface area contributed by atoms with Crippen molar-refractivity contribution in [3.63, 3.8) is 0 Å². The van der Waals surface area contributed by atoms with Crippen LogP contribution >= 0.6 is 0 Å². The van der Waals surface area contributed by atoms with E-state index in [-0.39, 0.29) is 6.10 Å². The first-order valence-corrected chi connectivity index (χ1v) is 7.50. The Bertz CT molecular complexity index is 558. The Morgan fingerprint density at radius 3 is 2.62 bits per heavy atom. The smallest absolute Gasteiger partial charge is 0.333 e. The highest BCUT2D eigenvalue weighted by Crippen LogP contribution is 2.43. The molecule has 1 aliphatic carbocycles. The van der Waals surface area contributed by atoms with Crippen LogP contribution in [-0.4, -0.2) is 31.3 Å². The first kappa shape index (κ1) is 14.3. The quantitative estimate of drug-likeness (QED) is 0.874. The number of ether oxygens (including phenoxy) is 1. The summed E-state index contributed by atoms with van der Waals surface area (Å²) in [4.78, 5) is 11.3. The van der Waals surface area contributed by atoms with Gasteiger partial charge >= 0.3 is 5.97 Å². The highest BCUT2D eigenvalue weighted by atomic mass is 16.5. The number of rotatable bonds is 5. The highest BCUT2D eigenvalue weighted by molar-refractivity contribution is 5.97. The molecule has 1 aliphatic heterocycles. The summed E-state index contributed by atoms with van der Waals surface area (Å²) in [5, 5.41) is 12.4. The minimum atomic E-state index is -0.825. The van der Waals surface area contributed by atoms with Crippen molar-refractivity contribution in [3.05, 3.63) is 41.0 Å². The van der Waals surface area contributed by atoms with E-state index in [1.165, 1.54) is 18.4 Å². The third kappa shape index (κ3) is 3.01. The first-order valence-electron chi connectivity index (χ1n) is 7.50. The van der Waals surface area contributed by atoms with Crippen LogP contribution in [0, 0.1) is 5.92 Å². The van der Waals surface area contributed by atoms with Gasteiger partial charge in [0.05, 0.1) is 11.7 Å². The summed E-state index contributed by atoms with van der Waals surface area (Å²) in [7, 11) is 1.76. The lowest BCUT2D eigenvalue weighted by Gasteiger charge is -2.20. The van der Waals surface area contributed by atoms with Crippen molar-refractivity contribution in [1.29, 1.82) is 0 Å². The van der Waals surface area contributed by atoms with E-state index in [9.17, 15) is 9.90 Å². The molecule has 1 fully saturated rings. The van der Waals surface area contributed by atoms with Gasteiger partial charge in [0.1, 0.15) is 0 Å². The third-order valence-electron chi connectivity index (χ3n) is 4.37. The van der Waals surface area contributed by atoms with Gasteiger partial charge in [-0.25, -0.2) is 4.79 Å². The van der Waals surface area contributed by atoms with Gasteiger partial charge in [-0.1, -0.05) is 24.3 Å². The van der Waals surface area contributed by atoms with Crippen LogP contribution in [0.4, 0.5) is 0 Å². The van der Waals surface area contributed by atoms with Gasteiger partial charge in [0.15, 0.2) is 0 Å². The largest absolute Gasteiger partial charge is 0.478 e. The summed E-state index contributed by atoms with van der Waals surface area (Å²) in [6.07, 6.45) is 3.41. The van der Waals surface area contributed by atoms with Crippen LogP contribution < -0.4 is 5.32 Å². The Kier molecular flexibility index (Phi) is 4.08. The summed E-state index contributed by atoms with van der Waals surface area (Å²) in [6.45, 7) is 1.27. The zero-order valence-corrected chi connectivity index (χ0v) is 12.3. The standard InChI is InChI=1S/C17H21NO3/c1-21-16(13-6-7-13)12-4-2-11(3-5-12)14-8-9-18-10-15(14)17(19)20/h2-5,13,16,18H,6-10H2,1H3,(H,19,20). The topological polar surface area (TPSA) is 58.6 Å². The molecule has 0 aromatic heterocycles. The summed E-state index contributed by atoms with van der Waals surface area (Å²) >= 11 is 0. The van der Waals surface area contributed by atoms with Gasteiger partial charge in [0, 0.05) is 13.7 Å². The number of benzene rings is 1. The predicted molar refractivity (Wildman–Crippen MR) is 81.0 cm³/mol. The first-order chi connectivity index (χ1) is 10.2. The van der Waals surface area contributed by atoms with Crippen molar-refractivity contribution >= 4 is 11.5 Å². The number of carboxylic acids is 1. The van der Waals surface area contributed by atoms with E-state index in [4.69, 9.17) is 4.74 Å². The number of methoxy groups -OCH3 is 1. The van der Waals surface area contributed by atoms with E-state index in [0.29, 0.717) is 18.0 Å². The van der Waals surface area contributed by atoms with E-state index >= 15 is 0 Å². The molecule has 0 bridgehead atoms. The molecule has 1 saturated carbocycles. The number of hydrogen-bond donors (Lipinski definition) is 2. The minimum Gasteiger partial charge on any atom is -0.478 e. The van der Waals surface area contributed by atoms with Gasteiger partial charge in [-0.05, 0) is 48.4 Å². The van der Waals surface area contributed by atoms with Crippen molar-refractivity contribution in [2.45, 2.75) is 25.4 Å².